The fraction of sp³-hybridized carbons (Fsp3) is 0.353. The maximum atomic E-state index is 12.7. The zero-order chi connectivity index (χ0) is 18.9. The smallest absolute Gasteiger partial charge is 0.244 e. The minimum absolute atomic E-state index is 0.213. The molecule has 0 atom stereocenters. The first-order valence-corrected chi connectivity index (χ1v) is 10.2. The van der Waals surface area contributed by atoms with Gasteiger partial charge in [-0.2, -0.15) is 4.31 Å². The van der Waals surface area contributed by atoms with Gasteiger partial charge in [0.2, 0.25) is 10.0 Å². The van der Waals surface area contributed by atoms with Crippen molar-refractivity contribution >= 4 is 21.5 Å². The van der Waals surface area contributed by atoms with Crippen LogP contribution < -0.4 is 5.32 Å². The first-order chi connectivity index (χ1) is 13.0. The zero-order valence-corrected chi connectivity index (χ0v) is 15.8. The molecule has 0 radical (unpaired) electrons. The van der Waals surface area contributed by atoms with Crippen LogP contribution in [0.2, 0.25) is 0 Å². The van der Waals surface area contributed by atoms with Gasteiger partial charge in [0, 0.05) is 38.6 Å². The predicted molar refractivity (Wildman–Crippen MR) is 101 cm³/mol. The van der Waals surface area contributed by atoms with Crippen molar-refractivity contribution in [1.82, 2.24) is 28.8 Å². The Morgan fingerprint density at radius 1 is 1.07 bits per heavy atom. The minimum Gasteiger partial charge on any atom is -0.363 e. The van der Waals surface area contributed by atoms with E-state index in [1.807, 2.05) is 35.8 Å². The topological polar surface area (TPSA) is 95.7 Å². The first kappa shape index (κ1) is 17.8. The van der Waals surface area contributed by atoms with Crippen molar-refractivity contribution in [2.75, 3.05) is 38.5 Å². The molecular formula is C17H21N7O2S. The van der Waals surface area contributed by atoms with Crippen LogP contribution in [0.1, 0.15) is 5.82 Å². The van der Waals surface area contributed by atoms with Crippen LogP contribution in [0.15, 0.2) is 47.6 Å². The molecule has 1 aliphatic heterocycles. The van der Waals surface area contributed by atoms with Gasteiger partial charge in [-0.15, -0.1) is 10.2 Å². The number of rotatable bonds is 5. The first-order valence-electron chi connectivity index (χ1n) is 8.71. The molecule has 0 aliphatic carbocycles. The van der Waals surface area contributed by atoms with Gasteiger partial charge in [-0.1, -0.05) is 6.07 Å². The van der Waals surface area contributed by atoms with E-state index in [1.54, 1.807) is 12.1 Å². The number of hydrogen-bond donors (Lipinski definition) is 1. The summed E-state index contributed by atoms with van der Waals surface area (Å²) in [4.78, 5) is 6.58. The number of nitrogens with zero attached hydrogens (tertiary/aromatic N) is 6. The molecule has 10 heteroatoms. The number of fused-ring (bicyclic) bond motifs is 1. The molecule has 9 nitrogen and oxygen atoms in total. The van der Waals surface area contributed by atoms with Crippen LogP contribution in [-0.2, 0) is 16.6 Å². The summed E-state index contributed by atoms with van der Waals surface area (Å²) in [6.45, 7) is 2.90. The number of hydrogen-bond acceptors (Lipinski definition) is 7. The molecule has 1 aliphatic rings. The molecule has 0 unspecified atom stereocenters. The molecule has 0 amide bonds. The molecule has 1 fully saturated rings. The number of aromatic nitrogens is 4. The van der Waals surface area contributed by atoms with Gasteiger partial charge in [-0.05, 0) is 31.3 Å². The van der Waals surface area contributed by atoms with Gasteiger partial charge in [-0.3, -0.25) is 4.40 Å². The highest BCUT2D eigenvalue weighted by atomic mass is 32.2. The van der Waals surface area contributed by atoms with E-state index in [9.17, 15) is 8.42 Å². The van der Waals surface area contributed by atoms with Crippen LogP contribution in [-0.4, -0.2) is 70.4 Å². The molecule has 0 aromatic carbocycles. The predicted octanol–water partition coefficient (Wildman–Crippen LogP) is 0.672. The van der Waals surface area contributed by atoms with Crippen molar-refractivity contribution < 1.29 is 8.42 Å². The number of anilines is 1. The second-order valence-electron chi connectivity index (χ2n) is 6.49. The number of likely N-dealkylation sites (N-methyl/N-ethyl adjacent to an activating group) is 1. The Kier molecular flexibility index (Phi) is 4.77. The lowest BCUT2D eigenvalue weighted by Crippen LogP contribution is -2.47. The SMILES string of the molecule is CN1CCN(S(=O)(=O)c2ccc(NCc3nnc4ccccn34)nc2)CC1. The lowest BCUT2D eigenvalue weighted by Gasteiger charge is -2.31. The second kappa shape index (κ2) is 7.22. The van der Waals surface area contributed by atoms with E-state index in [0.29, 0.717) is 25.5 Å². The average Bonchev–Trinajstić information content (AvgIpc) is 3.10. The summed E-state index contributed by atoms with van der Waals surface area (Å²) in [5.41, 5.74) is 0.774. The molecule has 0 spiro atoms. The van der Waals surface area contributed by atoms with E-state index in [0.717, 1.165) is 24.6 Å². The third-order valence-electron chi connectivity index (χ3n) is 4.65. The largest absolute Gasteiger partial charge is 0.363 e. The van der Waals surface area contributed by atoms with Crippen molar-refractivity contribution in [3.8, 4) is 0 Å². The summed E-state index contributed by atoms with van der Waals surface area (Å²) in [5.74, 6) is 1.33. The summed E-state index contributed by atoms with van der Waals surface area (Å²) >= 11 is 0. The maximum Gasteiger partial charge on any atom is 0.244 e. The minimum atomic E-state index is -3.50. The molecule has 3 aromatic heterocycles. The average molecular weight is 387 g/mol. The highest BCUT2D eigenvalue weighted by Crippen LogP contribution is 2.18. The third kappa shape index (κ3) is 3.64. The fourth-order valence-electron chi connectivity index (χ4n) is 3.00. The Labute approximate surface area is 157 Å². The lowest BCUT2D eigenvalue weighted by atomic mass is 10.4. The quantitative estimate of drug-likeness (QED) is 0.687. The van der Waals surface area contributed by atoms with Crippen LogP contribution in [0.25, 0.3) is 5.65 Å². The van der Waals surface area contributed by atoms with Gasteiger partial charge in [0.05, 0.1) is 6.54 Å². The van der Waals surface area contributed by atoms with Crippen molar-refractivity contribution in [2.45, 2.75) is 11.4 Å². The molecule has 27 heavy (non-hydrogen) atoms. The van der Waals surface area contributed by atoms with E-state index in [4.69, 9.17) is 0 Å². The monoisotopic (exact) mass is 387 g/mol. The highest BCUT2D eigenvalue weighted by Gasteiger charge is 2.27. The van der Waals surface area contributed by atoms with E-state index >= 15 is 0 Å². The standard InChI is InChI=1S/C17H21N7O2S/c1-22-8-10-23(11-9-22)27(25,26)14-5-6-15(18-12-14)19-13-17-21-20-16-4-2-3-7-24(16)17/h2-7,12H,8-11,13H2,1H3,(H,18,19). The van der Waals surface area contributed by atoms with Crippen LogP contribution in [0.5, 0.6) is 0 Å². The number of nitrogens with one attached hydrogen (secondary N) is 1. The molecule has 4 rings (SSSR count). The van der Waals surface area contributed by atoms with E-state index < -0.39 is 10.0 Å². The summed E-state index contributed by atoms with van der Waals surface area (Å²) in [7, 11) is -1.51. The number of sulfonamides is 1. The van der Waals surface area contributed by atoms with Gasteiger partial charge < -0.3 is 10.2 Å². The van der Waals surface area contributed by atoms with E-state index in [1.165, 1.54) is 10.5 Å². The molecule has 1 N–H and O–H groups in total. The Morgan fingerprint density at radius 3 is 2.63 bits per heavy atom. The fourth-order valence-corrected chi connectivity index (χ4v) is 4.36. The Balaban J connectivity index is 1.44. The summed E-state index contributed by atoms with van der Waals surface area (Å²) in [5, 5.41) is 11.4. The normalized spacial score (nSPS) is 16.6. The van der Waals surface area contributed by atoms with E-state index in [2.05, 4.69) is 25.4 Å². The summed E-state index contributed by atoms with van der Waals surface area (Å²) < 4.78 is 28.8. The molecule has 0 saturated carbocycles. The summed E-state index contributed by atoms with van der Waals surface area (Å²) in [6, 6.07) is 8.96. The van der Waals surface area contributed by atoms with Gasteiger partial charge in [0.15, 0.2) is 11.5 Å². The van der Waals surface area contributed by atoms with Crippen LogP contribution in [0, 0.1) is 0 Å². The molecule has 0 bridgehead atoms. The van der Waals surface area contributed by atoms with Crippen molar-refractivity contribution in [1.29, 1.82) is 0 Å². The zero-order valence-electron chi connectivity index (χ0n) is 15.0. The second-order valence-corrected chi connectivity index (χ2v) is 8.42. The van der Waals surface area contributed by atoms with Crippen molar-refractivity contribution in [2.24, 2.45) is 0 Å². The Hall–Kier alpha value is -2.56. The Bertz CT molecular complexity index is 1020. The van der Waals surface area contributed by atoms with Gasteiger partial charge in [0.1, 0.15) is 10.7 Å². The Morgan fingerprint density at radius 2 is 1.89 bits per heavy atom. The van der Waals surface area contributed by atoms with Gasteiger partial charge >= 0.3 is 0 Å². The molecule has 142 valence electrons. The number of piperazine rings is 1. The molecular weight excluding hydrogens is 366 g/mol. The molecule has 4 heterocycles. The van der Waals surface area contributed by atoms with Crippen LogP contribution >= 0.6 is 0 Å². The van der Waals surface area contributed by atoms with Crippen molar-refractivity contribution in [3.63, 3.8) is 0 Å². The van der Waals surface area contributed by atoms with Gasteiger partial charge in [0.25, 0.3) is 0 Å². The third-order valence-corrected chi connectivity index (χ3v) is 6.53. The lowest BCUT2D eigenvalue weighted by molar-refractivity contribution is 0.222. The molecule has 3 aromatic rings. The maximum absolute atomic E-state index is 12.7. The van der Waals surface area contributed by atoms with Crippen LogP contribution in [0.4, 0.5) is 5.82 Å². The number of pyridine rings is 2. The highest BCUT2D eigenvalue weighted by molar-refractivity contribution is 7.89. The van der Waals surface area contributed by atoms with Crippen molar-refractivity contribution in [3.05, 3.63) is 48.5 Å². The van der Waals surface area contributed by atoms with E-state index in [-0.39, 0.29) is 4.90 Å². The molecule has 1 saturated heterocycles. The summed E-state index contributed by atoms with van der Waals surface area (Å²) in [6.07, 6.45) is 3.30. The van der Waals surface area contributed by atoms with Crippen LogP contribution in [0.3, 0.4) is 0 Å². The van der Waals surface area contributed by atoms with Gasteiger partial charge in [-0.25, -0.2) is 13.4 Å².